The molecule has 7 rings (SSSR count). The number of esters is 2. The number of aromatic hydroxyl groups is 2. The van der Waals surface area contributed by atoms with Gasteiger partial charge in [0.1, 0.15) is 35.1 Å². The number of phenols is 2. The van der Waals surface area contributed by atoms with Gasteiger partial charge < -0.3 is 39.8 Å². The van der Waals surface area contributed by atoms with Crippen LogP contribution < -0.4 is 20.1 Å². The van der Waals surface area contributed by atoms with Gasteiger partial charge in [0.05, 0.1) is 14.2 Å². The van der Waals surface area contributed by atoms with E-state index in [0.717, 1.165) is 33.4 Å². The molecule has 0 saturated carbocycles. The Labute approximate surface area is 473 Å². The number of amides is 2. The van der Waals surface area contributed by atoms with Crippen molar-refractivity contribution >= 4 is 23.8 Å². The zero-order valence-corrected chi connectivity index (χ0v) is 49.4. The van der Waals surface area contributed by atoms with Crippen LogP contribution in [0.1, 0.15) is 161 Å². The molecule has 0 aromatic heterocycles. The number of hydrogen-bond donors (Lipinski definition) is 4. The Kier molecular flexibility index (Phi) is 18.3. The number of phenolic OH excluding ortho intramolecular Hbond substituents is 2. The van der Waals surface area contributed by atoms with Crippen LogP contribution in [-0.4, -0.2) is 73.5 Å². The number of carbonyl (C=O) groups is 4. The maximum atomic E-state index is 14.1. The van der Waals surface area contributed by atoms with Gasteiger partial charge in [-0.15, -0.1) is 0 Å². The van der Waals surface area contributed by atoms with Crippen molar-refractivity contribution in [3.8, 4) is 23.0 Å². The summed E-state index contributed by atoms with van der Waals surface area (Å²) in [6.07, 6.45) is 1.19. The summed E-state index contributed by atoms with van der Waals surface area (Å²) in [5.74, 6) is -1.24. The SMILES string of the molecule is COC(=O)C(Cc1ccccc1)NC(=O)COc1c2cc(C(C)(C)C)cc1Cc1cc(C(C)(C)C)cc(c1O)Cc1cc(C(C)(C)C)cc(c1OCC(=O)N[C@@H](Cc1ccccc1)C(=O)OC)Cc1cc(C(C)(C)C)cc(c1O)C2. The summed E-state index contributed by atoms with van der Waals surface area (Å²) in [5.41, 5.74) is 9.48. The van der Waals surface area contributed by atoms with Crippen LogP contribution in [0, 0.1) is 0 Å². The van der Waals surface area contributed by atoms with Crippen LogP contribution in [0.5, 0.6) is 23.0 Å². The van der Waals surface area contributed by atoms with Crippen molar-refractivity contribution in [3.63, 3.8) is 0 Å². The molecule has 80 heavy (non-hydrogen) atoms. The van der Waals surface area contributed by atoms with Crippen LogP contribution >= 0.6 is 0 Å². The Bertz CT molecular complexity index is 2910. The van der Waals surface area contributed by atoms with Crippen molar-refractivity contribution < 1.29 is 48.3 Å². The lowest BCUT2D eigenvalue weighted by Gasteiger charge is -2.28. The highest BCUT2D eigenvalue weighted by atomic mass is 16.5. The number of carbonyl (C=O) groups excluding carboxylic acids is 4. The lowest BCUT2D eigenvalue weighted by atomic mass is 9.79. The molecule has 1 aliphatic carbocycles. The lowest BCUT2D eigenvalue weighted by Crippen LogP contribution is -2.45. The lowest BCUT2D eigenvalue weighted by molar-refractivity contribution is -0.145. The normalized spacial score (nSPS) is 13.6. The second kappa shape index (κ2) is 24.4. The van der Waals surface area contributed by atoms with Crippen LogP contribution in [0.25, 0.3) is 0 Å². The third kappa shape index (κ3) is 15.0. The molecule has 12 heteroatoms. The average molecular weight is 1090 g/mol. The van der Waals surface area contributed by atoms with E-state index in [0.29, 0.717) is 56.0 Å². The number of hydrogen-bond acceptors (Lipinski definition) is 10. The van der Waals surface area contributed by atoms with E-state index in [1.54, 1.807) is 0 Å². The van der Waals surface area contributed by atoms with E-state index in [2.05, 4.69) is 118 Å². The first-order valence-corrected chi connectivity index (χ1v) is 27.6. The minimum absolute atomic E-state index is 0.0734. The van der Waals surface area contributed by atoms with E-state index in [-0.39, 0.29) is 71.7 Å². The standard InChI is InChI=1S/C68H82N2O10/c1-65(2,3)51-31-43-27-47-35-53(67(7,8)9)37-49(61(47)79-39-57(71)69-55(63(75)77-13)25-41-21-17-15-18-22-41)29-45-33-52(66(4,5)6)34-46(60(45)74)30-50-38-54(68(10,11)12)36-48(28-44(32-51)59(43)73)62(50)80-40-58(72)70-56(64(76)78-14)26-42-23-19-16-20-24-42/h15-24,31-38,55-56,73-74H,25-30,39-40H2,1-14H3,(H,69,71)(H,70,72)/t55-,56?/m0/s1. The largest absolute Gasteiger partial charge is 0.507 e. The van der Waals surface area contributed by atoms with Gasteiger partial charge in [-0.3, -0.25) is 9.59 Å². The Morgan fingerprint density at radius 1 is 0.425 bits per heavy atom. The summed E-state index contributed by atoms with van der Waals surface area (Å²) in [6, 6.07) is 33.3. The average Bonchev–Trinajstić information content (AvgIpc) is 3.41. The summed E-state index contributed by atoms with van der Waals surface area (Å²) in [4.78, 5) is 54.4. The van der Waals surface area contributed by atoms with Gasteiger partial charge in [-0.05, 0) is 99.5 Å². The smallest absolute Gasteiger partial charge is 0.328 e. The van der Waals surface area contributed by atoms with Crippen molar-refractivity contribution in [2.75, 3.05) is 27.4 Å². The number of methoxy groups -OCH3 is 2. The molecule has 0 fully saturated rings. The van der Waals surface area contributed by atoms with Gasteiger partial charge in [0.2, 0.25) is 0 Å². The van der Waals surface area contributed by atoms with E-state index in [4.69, 9.17) is 18.9 Å². The highest BCUT2D eigenvalue weighted by Gasteiger charge is 2.31. The summed E-state index contributed by atoms with van der Waals surface area (Å²) < 4.78 is 23.7. The number of benzene rings is 6. The van der Waals surface area contributed by atoms with E-state index in [1.807, 2.05) is 84.9 Å². The molecular formula is C68H82N2O10. The molecule has 2 amide bonds. The maximum absolute atomic E-state index is 14.1. The first-order chi connectivity index (χ1) is 37.5. The van der Waals surface area contributed by atoms with Gasteiger partial charge in [-0.1, -0.05) is 192 Å². The van der Waals surface area contributed by atoms with E-state index in [1.165, 1.54) is 14.2 Å². The second-order valence-corrected chi connectivity index (χ2v) is 25.5. The highest BCUT2D eigenvalue weighted by molar-refractivity contribution is 5.86. The Morgan fingerprint density at radius 2 is 0.675 bits per heavy atom. The van der Waals surface area contributed by atoms with Crippen LogP contribution in [0.2, 0.25) is 0 Å². The van der Waals surface area contributed by atoms with Crippen LogP contribution in [-0.2, 0) is 88.8 Å². The molecule has 1 aliphatic rings. The van der Waals surface area contributed by atoms with E-state index < -0.39 is 49.1 Å². The number of fused-ring (bicyclic) bond motifs is 8. The molecule has 0 radical (unpaired) electrons. The molecule has 0 aliphatic heterocycles. The fraction of sp³-hybridized carbons (Fsp3) is 0.412. The molecule has 6 aromatic rings. The summed E-state index contributed by atoms with van der Waals surface area (Å²) in [5, 5.41) is 31.3. The molecular weight excluding hydrogens is 1000 g/mol. The van der Waals surface area contributed by atoms with Crippen molar-refractivity contribution in [1.29, 1.82) is 0 Å². The topological polar surface area (TPSA) is 170 Å². The number of nitrogens with one attached hydrogen (secondary N) is 2. The number of ether oxygens (including phenoxy) is 4. The number of rotatable bonds is 14. The van der Waals surface area contributed by atoms with E-state index >= 15 is 0 Å². The first kappa shape index (κ1) is 60.0. The molecule has 0 saturated heterocycles. The maximum Gasteiger partial charge on any atom is 0.328 e. The quantitative estimate of drug-likeness (QED) is 0.0769. The molecule has 2 atom stereocenters. The highest BCUT2D eigenvalue weighted by Crippen LogP contribution is 2.44. The van der Waals surface area contributed by atoms with Crippen LogP contribution in [0.3, 0.4) is 0 Å². The fourth-order valence-corrected chi connectivity index (χ4v) is 10.1. The Balaban J connectivity index is 1.42. The molecule has 8 bridgehead atoms. The van der Waals surface area contributed by atoms with Gasteiger partial charge in [0, 0.05) is 38.5 Å². The zero-order valence-electron chi connectivity index (χ0n) is 49.4. The summed E-state index contributed by atoms with van der Waals surface area (Å²) in [7, 11) is 2.58. The van der Waals surface area contributed by atoms with Gasteiger partial charge in [-0.2, -0.15) is 0 Å². The molecule has 4 N–H and O–H groups in total. The first-order valence-electron chi connectivity index (χ1n) is 27.6. The third-order valence-electron chi connectivity index (χ3n) is 14.9. The van der Waals surface area contributed by atoms with E-state index in [9.17, 15) is 29.4 Å². The third-order valence-corrected chi connectivity index (χ3v) is 14.9. The predicted octanol–water partition coefficient (Wildman–Crippen LogP) is 11.5. The van der Waals surface area contributed by atoms with Crippen molar-refractivity contribution in [1.82, 2.24) is 10.6 Å². The molecule has 12 nitrogen and oxygen atoms in total. The van der Waals surface area contributed by atoms with Gasteiger partial charge in [0.25, 0.3) is 11.8 Å². The minimum Gasteiger partial charge on any atom is -0.507 e. The van der Waals surface area contributed by atoms with Crippen molar-refractivity contribution in [2.24, 2.45) is 0 Å². The fourth-order valence-electron chi connectivity index (χ4n) is 10.1. The van der Waals surface area contributed by atoms with Crippen molar-refractivity contribution in [2.45, 2.75) is 155 Å². The monoisotopic (exact) mass is 1090 g/mol. The van der Waals surface area contributed by atoms with Crippen LogP contribution in [0.15, 0.2) is 109 Å². The Hall–Kier alpha value is -7.60. The molecule has 6 aromatic carbocycles. The molecule has 0 spiro atoms. The second-order valence-electron chi connectivity index (χ2n) is 25.5. The zero-order chi connectivity index (χ0) is 58.5. The molecule has 1 unspecified atom stereocenters. The van der Waals surface area contributed by atoms with Gasteiger partial charge in [-0.25, -0.2) is 9.59 Å². The van der Waals surface area contributed by atoms with Gasteiger partial charge >= 0.3 is 11.9 Å². The Morgan fingerprint density at radius 3 is 0.912 bits per heavy atom. The predicted molar refractivity (Wildman–Crippen MR) is 314 cm³/mol. The summed E-state index contributed by atoms with van der Waals surface area (Å²) in [6.45, 7) is 24.6. The van der Waals surface area contributed by atoms with Gasteiger partial charge in [0.15, 0.2) is 13.2 Å². The molecule has 0 heterocycles. The minimum atomic E-state index is -0.976. The van der Waals surface area contributed by atoms with Crippen molar-refractivity contribution in [3.05, 3.63) is 187 Å². The summed E-state index contributed by atoms with van der Waals surface area (Å²) >= 11 is 0. The van der Waals surface area contributed by atoms with Crippen LogP contribution in [0.4, 0.5) is 0 Å². The molecule has 424 valence electrons.